The van der Waals surface area contributed by atoms with Crippen LogP contribution >= 0.6 is 0 Å². The topological polar surface area (TPSA) is 69.9 Å². The minimum absolute atomic E-state index is 0.118. The van der Waals surface area contributed by atoms with E-state index in [1.165, 1.54) is 25.7 Å². The Bertz CT molecular complexity index is 877. The molecule has 4 rings (SSSR count). The average Bonchev–Trinajstić information content (AvgIpc) is 3.33. The Balaban J connectivity index is 1.44. The molecule has 0 atom stereocenters. The number of rotatable bonds is 6. The Morgan fingerprint density at radius 2 is 1.78 bits per heavy atom. The maximum Gasteiger partial charge on any atom is 0.163 e. The number of nitrogens with zero attached hydrogens (tertiary/aromatic N) is 1. The van der Waals surface area contributed by atoms with Crippen molar-refractivity contribution < 1.29 is 15.0 Å². The summed E-state index contributed by atoms with van der Waals surface area (Å²) in [7, 11) is 0. The highest BCUT2D eigenvalue weighted by molar-refractivity contribution is 6.05. The normalized spacial score (nSPS) is 16.4. The fourth-order valence-corrected chi connectivity index (χ4v) is 4.30. The van der Waals surface area contributed by atoms with E-state index in [0.717, 1.165) is 29.7 Å². The van der Waals surface area contributed by atoms with Gasteiger partial charge in [-0.15, -0.1) is 0 Å². The minimum Gasteiger partial charge on any atom is -0.508 e. The van der Waals surface area contributed by atoms with E-state index in [1.807, 2.05) is 12.1 Å². The highest BCUT2D eigenvalue weighted by atomic mass is 16.3. The summed E-state index contributed by atoms with van der Waals surface area (Å²) in [6, 6.07) is 10.5. The van der Waals surface area contributed by atoms with Crippen LogP contribution in [0.5, 0.6) is 11.5 Å². The molecule has 0 radical (unpaired) electrons. The standard InChI is InChI=1S/C23H25NO3/c25-17-10-8-15(9-11-17)4-3-7-21(26)18-12-13-22(27)23-19(18)14-20(24-23)16-5-1-2-6-16/h8-13,16,25,27H,1-7,14H2. The SMILES string of the molecule is O=C(CCCc1ccc(O)cc1)c1ccc(O)c2c1CC(C1CCCC1)=N2. The van der Waals surface area contributed by atoms with Crippen LogP contribution in [0.3, 0.4) is 0 Å². The first-order chi connectivity index (χ1) is 13.1. The number of phenols is 2. The zero-order valence-electron chi connectivity index (χ0n) is 15.4. The third-order valence-electron chi connectivity index (χ3n) is 5.81. The lowest BCUT2D eigenvalue weighted by Gasteiger charge is -2.10. The quantitative estimate of drug-likeness (QED) is 0.700. The van der Waals surface area contributed by atoms with Gasteiger partial charge >= 0.3 is 0 Å². The summed E-state index contributed by atoms with van der Waals surface area (Å²) in [4.78, 5) is 17.5. The number of Topliss-reactive ketones (excluding diaryl/α,β-unsaturated/α-hetero) is 1. The molecule has 27 heavy (non-hydrogen) atoms. The first kappa shape index (κ1) is 17.8. The van der Waals surface area contributed by atoms with Gasteiger partial charge in [0.15, 0.2) is 5.78 Å². The number of benzene rings is 2. The van der Waals surface area contributed by atoms with E-state index in [9.17, 15) is 15.0 Å². The predicted molar refractivity (Wildman–Crippen MR) is 106 cm³/mol. The van der Waals surface area contributed by atoms with Crippen molar-refractivity contribution in [3.8, 4) is 11.5 Å². The van der Waals surface area contributed by atoms with Gasteiger partial charge in [-0.3, -0.25) is 9.79 Å². The highest BCUT2D eigenvalue weighted by Crippen LogP contribution is 2.41. The van der Waals surface area contributed by atoms with Gasteiger partial charge in [-0.2, -0.15) is 0 Å². The molecule has 0 unspecified atom stereocenters. The molecule has 1 saturated carbocycles. The number of hydrogen-bond acceptors (Lipinski definition) is 4. The maximum atomic E-state index is 12.8. The first-order valence-electron chi connectivity index (χ1n) is 9.85. The molecule has 1 aliphatic carbocycles. The lowest BCUT2D eigenvalue weighted by molar-refractivity contribution is 0.0979. The minimum atomic E-state index is 0.118. The van der Waals surface area contributed by atoms with Crippen molar-refractivity contribution in [2.75, 3.05) is 0 Å². The summed E-state index contributed by atoms with van der Waals surface area (Å²) in [6.45, 7) is 0. The number of phenolic OH excluding ortho intramolecular Hbond substituents is 2. The van der Waals surface area contributed by atoms with Gasteiger partial charge in [0.1, 0.15) is 17.2 Å². The van der Waals surface area contributed by atoms with Crippen molar-refractivity contribution in [3.05, 3.63) is 53.1 Å². The molecule has 2 aromatic carbocycles. The van der Waals surface area contributed by atoms with Gasteiger partial charge in [-0.1, -0.05) is 25.0 Å². The first-order valence-corrected chi connectivity index (χ1v) is 9.85. The molecule has 4 heteroatoms. The van der Waals surface area contributed by atoms with Crippen LogP contribution in [0, 0.1) is 5.92 Å². The monoisotopic (exact) mass is 363 g/mol. The maximum absolute atomic E-state index is 12.8. The molecular formula is C23H25NO3. The fraction of sp³-hybridized carbons (Fsp3) is 0.391. The van der Waals surface area contributed by atoms with Gasteiger partial charge in [0.25, 0.3) is 0 Å². The van der Waals surface area contributed by atoms with Crippen LogP contribution in [-0.4, -0.2) is 21.7 Å². The fourth-order valence-electron chi connectivity index (χ4n) is 4.30. The van der Waals surface area contributed by atoms with Crippen LogP contribution in [0.2, 0.25) is 0 Å². The molecule has 2 aliphatic rings. The van der Waals surface area contributed by atoms with E-state index < -0.39 is 0 Å². The van der Waals surface area contributed by atoms with Gasteiger partial charge in [-0.05, 0) is 67.0 Å². The summed E-state index contributed by atoms with van der Waals surface area (Å²) in [5, 5.41) is 19.6. The number of aryl methyl sites for hydroxylation is 1. The van der Waals surface area contributed by atoms with Gasteiger partial charge in [0.2, 0.25) is 0 Å². The summed E-state index contributed by atoms with van der Waals surface area (Å²) in [5.41, 5.74) is 4.49. The summed E-state index contributed by atoms with van der Waals surface area (Å²) >= 11 is 0. The molecule has 2 N–H and O–H groups in total. The average molecular weight is 363 g/mol. The number of fused-ring (bicyclic) bond motifs is 1. The number of hydrogen-bond donors (Lipinski definition) is 2. The van der Waals surface area contributed by atoms with E-state index in [4.69, 9.17) is 4.99 Å². The lowest BCUT2D eigenvalue weighted by atomic mass is 9.92. The Hall–Kier alpha value is -2.62. The second-order valence-electron chi connectivity index (χ2n) is 7.66. The van der Waals surface area contributed by atoms with Crippen molar-refractivity contribution in [2.24, 2.45) is 10.9 Å². The summed E-state index contributed by atoms with van der Waals surface area (Å²) in [6.07, 6.45) is 7.56. The summed E-state index contributed by atoms with van der Waals surface area (Å²) in [5.74, 6) is 1.06. The number of ketones is 1. The molecule has 1 fully saturated rings. The van der Waals surface area contributed by atoms with Crippen LogP contribution in [0.1, 0.15) is 60.0 Å². The number of aliphatic imine (C=N–C) groups is 1. The van der Waals surface area contributed by atoms with E-state index in [-0.39, 0.29) is 17.3 Å². The van der Waals surface area contributed by atoms with E-state index in [0.29, 0.717) is 30.0 Å². The second-order valence-corrected chi connectivity index (χ2v) is 7.66. The van der Waals surface area contributed by atoms with Gasteiger partial charge in [0.05, 0.1) is 0 Å². The Morgan fingerprint density at radius 3 is 2.52 bits per heavy atom. The number of aromatic hydroxyl groups is 2. The molecule has 0 aromatic heterocycles. The molecule has 1 aliphatic heterocycles. The third kappa shape index (κ3) is 3.75. The predicted octanol–water partition coefficient (Wildman–Crippen LogP) is 5.12. The van der Waals surface area contributed by atoms with Crippen molar-refractivity contribution in [3.63, 3.8) is 0 Å². The van der Waals surface area contributed by atoms with E-state index in [1.54, 1.807) is 24.3 Å². The lowest BCUT2D eigenvalue weighted by Crippen LogP contribution is -2.12. The Morgan fingerprint density at radius 1 is 1.04 bits per heavy atom. The molecule has 4 nitrogen and oxygen atoms in total. The smallest absolute Gasteiger partial charge is 0.163 e. The van der Waals surface area contributed by atoms with Crippen molar-refractivity contribution >= 4 is 17.2 Å². The van der Waals surface area contributed by atoms with E-state index in [2.05, 4.69) is 0 Å². The Labute approximate surface area is 159 Å². The molecule has 0 spiro atoms. The molecule has 140 valence electrons. The van der Waals surface area contributed by atoms with Crippen LogP contribution in [-0.2, 0) is 12.8 Å². The van der Waals surface area contributed by atoms with Crippen LogP contribution in [0.25, 0.3) is 0 Å². The molecule has 1 heterocycles. The highest BCUT2D eigenvalue weighted by Gasteiger charge is 2.29. The van der Waals surface area contributed by atoms with Crippen LogP contribution in [0.4, 0.5) is 5.69 Å². The molecule has 0 amide bonds. The van der Waals surface area contributed by atoms with Gasteiger partial charge in [-0.25, -0.2) is 0 Å². The number of carbonyl (C=O) groups excluding carboxylic acids is 1. The van der Waals surface area contributed by atoms with Crippen LogP contribution in [0.15, 0.2) is 41.4 Å². The third-order valence-corrected chi connectivity index (χ3v) is 5.81. The molecule has 0 saturated heterocycles. The number of carbonyl (C=O) groups is 1. The zero-order chi connectivity index (χ0) is 18.8. The van der Waals surface area contributed by atoms with Crippen molar-refractivity contribution in [1.82, 2.24) is 0 Å². The molecular weight excluding hydrogens is 338 g/mol. The molecule has 0 bridgehead atoms. The van der Waals surface area contributed by atoms with Crippen LogP contribution < -0.4 is 0 Å². The van der Waals surface area contributed by atoms with Gasteiger partial charge < -0.3 is 10.2 Å². The van der Waals surface area contributed by atoms with Crippen molar-refractivity contribution in [1.29, 1.82) is 0 Å². The Kier molecular flexibility index (Phi) is 4.97. The molecule has 2 aromatic rings. The van der Waals surface area contributed by atoms with Gasteiger partial charge in [0, 0.05) is 24.1 Å². The second kappa shape index (κ2) is 7.55. The van der Waals surface area contributed by atoms with Crippen molar-refractivity contribution in [2.45, 2.75) is 51.4 Å². The van der Waals surface area contributed by atoms with E-state index >= 15 is 0 Å². The summed E-state index contributed by atoms with van der Waals surface area (Å²) < 4.78 is 0. The zero-order valence-corrected chi connectivity index (χ0v) is 15.4. The largest absolute Gasteiger partial charge is 0.508 e.